The van der Waals surface area contributed by atoms with Gasteiger partial charge in [0.1, 0.15) is 5.82 Å². The van der Waals surface area contributed by atoms with E-state index in [2.05, 4.69) is 20.6 Å². The molecule has 27 heavy (non-hydrogen) atoms. The largest absolute Gasteiger partial charge is 0.350 e. The second-order valence-corrected chi connectivity index (χ2v) is 6.29. The fraction of sp³-hybridized carbons (Fsp3) is 0.190. The van der Waals surface area contributed by atoms with Crippen LogP contribution in [0.4, 0.5) is 16.0 Å². The zero-order valence-electron chi connectivity index (χ0n) is 15.2. The number of rotatable bonds is 6. The number of hydrogen-bond acceptors (Lipinski definition) is 4. The Morgan fingerprint density at radius 2 is 1.78 bits per heavy atom. The van der Waals surface area contributed by atoms with Crippen LogP contribution < -0.4 is 10.6 Å². The molecule has 0 aliphatic heterocycles. The van der Waals surface area contributed by atoms with E-state index in [-0.39, 0.29) is 17.8 Å². The predicted molar refractivity (Wildman–Crippen MR) is 104 cm³/mol. The van der Waals surface area contributed by atoms with Gasteiger partial charge in [-0.2, -0.15) is 0 Å². The maximum absolute atomic E-state index is 13.0. The van der Waals surface area contributed by atoms with Gasteiger partial charge in [-0.25, -0.2) is 14.4 Å². The summed E-state index contributed by atoms with van der Waals surface area (Å²) in [6.07, 6.45) is 4.21. The topological polar surface area (TPSA) is 66.9 Å². The molecule has 3 rings (SSSR count). The molecule has 6 heteroatoms. The third-order valence-corrected chi connectivity index (χ3v) is 4.20. The van der Waals surface area contributed by atoms with Crippen LogP contribution in [0.3, 0.4) is 0 Å². The average Bonchev–Trinajstić information content (AvgIpc) is 2.69. The number of halogens is 1. The van der Waals surface area contributed by atoms with Gasteiger partial charge >= 0.3 is 0 Å². The number of amides is 1. The molecule has 0 spiro atoms. The Labute approximate surface area is 157 Å². The van der Waals surface area contributed by atoms with Gasteiger partial charge in [-0.05, 0) is 49.2 Å². The smallest absolute Gasteiger partial charge is 0.251 e. The molecule has 2 aromatic carbocycles. The summed E-state index contributed by atoms with van der Waals surface area (Å²) in [4.78, 5) is 20.8. The highest BCUT2D eigenvalue weighted by molar-refractivity contribution is 5.95. The van der Waals surface area contributed by atoms with Gasteiger partial charge in [0, 0.05) is 35.2 Å². The predicted octanol–water partition coefficient (Wildman–Crippen LogP) is 4.55. The zero-order valence-corrected chi connectivity index (χ0v) is 15.2. The average molecular weight is 364 g/mol. The first-order valence-electron chi connectivity index (χ1n) is 8.81. The summed E-state index contributed by atoms with van der Waals surface area (Å²) in [6, 6.07) is 13.5. The minimum atomic E-state index is -0.282. The highest BCUT2D eigenvalue weighted by atomic mass is 19.1. The van der Waals surface area contributed by atoms with Crippen molar-refractivity contribution < 1.29 is 9.18 Å². The minimum absolute atomic E-state index is 0.111. The van der Waals surface area contributed by atoms with Gasteiger partial charge in [-0.3, -0.25) is 4.79 Å². The fourth-order valence-corrected chi connectivity index (χ4v) is 2.46. The zero-order chi connectivity index (χ0) is 19.2. The number of aromatic nitrogens is 2. The molecular formula is C21H21FN4O. The van der Waals surface area contributed by atoms with E-state index in [0.717, 1.165) is 23.2 Å². The molecule has 0 radical (unpaired) electrons. The molecule has 0 unspecified atom stereocenters. The lowest BCUT2D eigenvalue weighted by molar-refractivity contribution is 0.0939. The first kappa shape index (κ1) is 18.5. The first-order valence-corrected chi connectivity index (χ1v) is 8.81. The molecular weight excluding hydrogens is 343 g/mol. The van der Waals surface area contributed by atoms with Gasteiger partial charge < -0.3 is 10.6 Å². The third-order valence-electron chi connectivity index (χ3n) is 4.20. The van der Waals surface area contributed by atoms with Gasteiger partial charge in [0.25, 0.3) is 5.91 Å². The van der Waals surface area contributed by atoms with E-state index in [1.54, 1.807) is 42.7 Å². The second kappa shape index (κ2) is 8.40. The maximum Gasteiger partial charge on any atom is 0.251 e. The Kier molecular flexibility index (Phi) is 5.76. The molecule has 0 fully saturated rings. The maximum atomic E-state index is 13.0. The van der Waals surface area contributed by atoms with Crippen molar-refractivity contribution >= 4 is 17.5 Å². The molecule has 0 bridgehead atoms. The fourth-order valence-electron chi connectivity index (χ4n) is 2.46. The van der Waals surface area contributed by atoms with E-state index in [4.69, 9.17) is 0 Å². The first-order chi connectivity index (χ1) is 13.0. The van der Waals surface area contributed by atoms with Crippen molar-refractivity contribution in [3.63, 3.8) is 0 Å². The Morgan fingerprint density at radius 3 is 2.44 bits per heavy atom. The minimum Gasteiger partial charge on any atom is -0.350 e. The quantitative estimate of drug-likeness (QED) is 0.673. The van der Waals surface area contributed by atoms with Gasteiger partial charge in [0.2, 0.25) is 5.95 Å². The molecule has 3 aromatic rings. The van der Waals surface area contributed by atoms with Gasteiger partial charge in [0.05, 0.1) is 0 Å². The number of benzene rings is 2. The van der Waals surface area contributed by atoms with Crippen molar-refractivity contribution in [3.8, 4) is 11.1 Å². The van der Waals surface area contributed by atoms with Crippen LogP contribution >= 0.6 is 0 Å². The number of anilines is 2. The Hall–Kier alpha value is -3.28. The highest BCUT2D eigenvalue weighted by Gasteiger charge is 2.09. The van der Waals surface area contributed by atoms with Crippen molar-refractivity contribution in [3.05, 3.63) is 72.3 Å². The van der Waals surface area contributed by atoms with Crippen LogP contribution in [0.2, 0.25) is 0 Å². The van der Waals surface area contributed by atoms with Crippen LogP contribution in [0.1, 0.15) is 30.6 Å². The lowest BCUT2D eigenvalue weighted by atomic mass is 10.1. The van der Waals surface area contributed by atoms with Crippen LogP contribution in [0.5, 0.6) is 0 Å². The number of carbonyl (C=O) groups excluding carboxylic acids is 1. The van der Waals surface area contributed by atoms with Gasteiger partial charge in [-0.1, -0.05) is 25.1 Å². The van der Waals surface area contributed by atoms with Crippen LogP contribution in [0, 0.1) is 5.82 Å². The van der Waals surface area contributed by atoms with E-state index in [9.17, 15) is 9.18 Å². The Bertz CT molecular complexity index is 910. The molecule has 1 atom stereocenters. The standard InChI is InChI=1S/C21H21FN4O/c1-3-14(2)25-20(27)16-5-4-6-19(11-16)26-21-23-12-17(13-24-21)15-7-9-18(22)10-8-15/h4-14H,3H2,1-2H3,(H,25,27)(H,23,24,26)/t14-/m0/s1. The summed E-state index contributed by atoms with van der Waals surface area (Å²) in [7, 11) is 0. The molecule has 5 nitrogen and oxygen atoms in total. The summed E-state index contributed by atoms with van der Waals surface area (Å²) in [5.41, 5.74) is 2.93. The monoisotopic (exact) mass is 364 g/mol. The van der Waals surface area contributed by atoms with Crippen molar-refractivity contribution in [1.29, 1.82) is 0 Å². The van der Waals surface area contributed by atoms with E-state index >= 15 is 0 Å². The molecule has 1 amide bonds. The summed E-state index contributed by atoms with van der Waals surface area (Å²) >= 11 is 0. The van der Waals surface area contributed by atoms with Gasteiger partial charge in [0.15, 0.2) is 0 Å². The summed E-state index contributed by atoms with van der Waals surface area (Å²) in [5, 5.41) is 6.03. The van der Waals surface area contributed by atoms with Crippen LogP contribution in [0.15, 0.2) is 60.9 Å². The SMILES string of the molecule is CC[C@H](C)NC(=O)c1cccc(Nc2ncc(-c3ccc(F)cc3)cn2)c1. The van der Waals surface area contributed by atoms with Crippen molar-refractivity contribution in [2.75, 3.05) is 5.32 Å². The molecule has 0 saturated heterocycles. The number of nitrogens with zero attached hydrogens (tertiary/aromatic N) is 2. The molecule has 0 aliphatic rings. The van der Waals surface area contributed by atoms with Crippen molar-refractivity contribution in [2.45, 2.75) is 26.3 Å². The van der Waals surface area contributed by atoms with E-state index in [0.29, 0.717) is 11.5 Å². The lowest BCUT2D eigenvalue weighted by Crippen LogP contribution is -2.31. The molecule has 1 aromatic heterocycles. The summed E-state index contributed by atoms with van der Waals surface area (Å²) < 4.78 is 13.0. The van der Waals surface area contributed by atoms with Crippen LogP contribution in [-0.4, -0.2) is 21.9 Å². The van der Waals surface area contributed by atoms with E-state index in [1.807, 2.05) is 19.9 Å². The molecule has 138 valence electrons. The van der Waals surface area contributed by atoms with E-state index < -0.39 is 0 Å². The van der Waals surface area contributed by atoms with Crippen molar-refractivity contribution in [1.82, 2.24) is 15.3 Å². The van der Waals surface area contributed by atoms with Gasteiger partial charge in [-0.15, -0.1) is 0 Å². The normalized spacial score (nSPS) is 11.7. The van der Waals surface area contributed by atoms with Crippen molar-refractivity contribution in [2.24, 2.45) is 0 Å². The molecule has 1 heterocycles. The summed E-state index contributed by atoms with van der Waals surface area (Å²) in [5.74, 6) is 0.0242. The number of carbonyl (C=O) groups is 1. The Morgan fingerprint density at radius 1 is 1.07 bits per heavy atom. The molecule has 2 N–H and O–H groups in total. The molecule has 0 aliphatic carbocycles. The second-order valence-electron chi connectivity index (χ2n) is 6.29. The third kappa shape index (κ3) is 4.88. The Balaban J connectivity index is 1.71. The van der Waals surface area contributed by atoms with E-state index in [1.165, 1.54) is 12.1 Å². The molecule has 0 saturated carbocycles. The summed E-state index contributed by atoms with van der Waals surface area (Å²) in [6.45, 7) is 3.99. The van der Waals surface area contributed by atoms with Crippen LogP contribution in [-0.2, 0) is 0 Å². The lowest BCUT2D eigenvalue weighted by Gasteiger charge is -2.12. The number of nitrogens with one attached hydrogen (secondary N) is 2. The number of hydrogen-bond donors (Lipinski definition) is 2. The highest BCUT2D eigenvalue weighted by Crippen LogP contribution is 2.20. The van der Waals surface area contributed by atoms with Crippen LogP contribution in [0.25, 0.3) is 11.1 Å².